The summed E-state index contributed by atoms with van der Waals surface area (Å²) in [6.07, 6.45) is -0.468. The average molecular weight is 177 g/mol. The van der Waals surface area contributed by atoms with Crippen molar-refractivity contribution in [3.63, 3.8) is 0 Å². The molecule has 0 saturated heterocycles. The zero-order valence-electron chi connectivity index (χ0n) is 6.40. The molecule has 0 amide bonds. The van der Waals surface area contributed by atoms with E-state index in [1.165, 1.54) is 0 Å². The normalized spacial score (nSPS) is 12.2. The monoisotopic (exact) mass is 177 g/mol. The van der Waals surface area contributed by atoms with E-state index in [0.717, 1.165) is 0 Å². The summed E-state index contributed by atoms with van der Waals surface area (Å²) in [7, 11) is 0. The van der Waals surface area contributed by atoms with E-state index in [2.05, 4.69) is 4.74 Å². The number of carboxylic acid groups (broad SMARTS) is 1. The van der Waals surface area contributed by atoms with Gasteiger partial charge in [-0.3, -0.25) is 9.59 Å². The molecule has 0 aromatic carbocycles. The summed E-state index contributed by atoms with van der Waals surface area (Å²) in [4.78, 5) is 20.8. The van der Waals surface area contributed by atoms with Crippen LogP contribution in [0.5, 0.6) is 0 Å². The highest BCUT2D eigenvalue weighted by molar-refractivity contribution is 5.81. The number of rotatable bonds is 5. The number of nitrogens with two attached hydrogens (primary N) is 1. The van der Waals surface area contributed by atoms with Crippen LogP contribution in [0, 0.1) is 0 Å². The summed E-state index contributed by atoms with van der Waals surface area (Å²) in [6, 6.07) is -1.16. The molecule has 0 aromatic heterocycles. The topological polar surface area (TPSA) is 110 Å². The second-order valence-electron chi connectivity index (χ2n) is 2.10. The van der Waals surface area contributed by atoms with Crippen LogP contribution in [0.2, 0.25) is 0 Å². The fourth-order valence-corrected chi connectivity index (χ4v) is 0.525. The predicted octanol–water partition coefficient (Wildman–Crippen LogP) is -1.68. The van der Waals surface area contributed by atoms with E-state index < -0.39 is 24.4 Å². The summed E-state index contributed by atoms with van der Waals surface area (Å²) in [5, 5.41) is 16.5. The maximum atomic E-state index is 10.7. The molecule has 70 valence electrons. The second-order valence-corrected chi connectivity index (χ2v) is 2.10. The van der Waals surface area contributed by atoms with Crippen molar-refractivity contribution in [1.29, 1.82) is 0 Å². The summed E-state index contributed by atoms with van der Waals surface area (Å²) < 4.78 is 4.38. The Kier molecular flexibility index (Phi) is 4.98. The van der Waals surface area contributed by atoms with Crippen LogP contribution in [0.3, 0.4) is 0 Å². The number of hydrogen-bond acceptors (Lipinski definition) is 5. The average Bonchev–Trinajstić information content (AvgIpc) is 1.98. The van der Waals surface area contributed by atoms with Gasteiger partial charge in [0.2, 0.25) is 0 Å². The SMILES string of the molecule is NC(CC(=O)O)C(=O)OCCO. The van der Waals surface area contributed by atoms with Crippen molar-refractivity contribution in [2.24, 2.45) is 5.73 Å². The molecule has 0 aliphatic carbocycles. The Morgan fingerprint density at radius 2 is 2.08 bits per heavy atom. The van der Waals surface area contributed by atoms with Crippen molar-refractivity contribution in [3.05, 3.63) is 0 Å². The van der Waals surface area contributed by atoms with Crippen LogP contribution in [0.15, 0.2) is 0 Å². The Labute approximate surface area is 68.9 Å². The molecule has 0 rings (SSSR count). The van der Waals surface area contributed by atoms with Gasteiger partial charge in [-0.15, -0.1) is 0 Å². The number of ether oxygens (including phenoxy) is 1. The Bertz CT molecular complexity index is 169. The fraction of sp³-hybridized carbons (Fsp3) is 0.667. The molecular formula is C6H11NO5. The van der Waals surface area contributed by atoms with Crippen LogP contribution in [-0.2, 0) is 14.3 Å². The number of carboxylic acids is 1. The summed E-state index contributed by atoms with van der Waals surface area (Å²) in [5.41, 5.74) is 5.12. The number of hydrogen-bond donors (Lipinski definition) is 3. The van der Waals surface area contributed by atoms with E-state index in [-0.39, 0.29) is 13.2 Å². The van der Waals surface area contributed by atoms with E-state index in [0.29, 0.717) is 0 Å². The van der Waals surface area contributed by atoms with Crippen molar-refractivity contribution in [1.82, 2.24) is 0 Å². The number of aliphatic hydroxyl groups excluding tert-OH is 1. The third kappa shape index (κ3) is 4.64. The van der Waals surface area contributed by atoms with Crippen molar-refractivity contribution in [2.45, 2.75) is 12.5 Å². The lowest BCUT2D eigenvalue weighted by Gasteiger charge is -2.07. The van der Waals surface area contributed by atoms with Gasteiger partial charge in [0.25, 0.3) is 0 Å². The summed E-state index contributed by atoms with van der Waals surface area (Å²) in [6.45, 7) is -0.461. The Balaban J connectivity index is 3.69. The first-order valence-corrected chi connectivity index (χ1v) is 3.32. The van der Waals surface area contributed by atoms with Crippen molar-refractivity contribution < 1.29 is 24.5 Å². The number of aliphatic hydroxyl groups is 1. The van der Waals surface area contributed by atoms with E-state index in [9.17, 15) is 9.59 Å². The number of esters is 1. The van der Waals surface area contributed by atoms with Gasteiger partial charge < -0.3 is 20.7 Å². The van der Waals surface area contributed by atoms with Gasteiger partial charge in [0, 0.05) is 0 Å². The van der Waals surface area contributed by atoms with E-state index >= 15 is 0 Å². The Hall–Kier alpha value is -1.14. The molecule has 1 atom stereocenters. The molecule has 4 N–H and O–H groups in total. The third-order valence-electron chi connectivity index (χ3n) is 1.03. The minimum atomic E-state index is -1.16. The van der Waals surface area contributed by atoms with Crippen molar-refractivity contribution in [2.75, 3.05) is 13.2 Å². The molecule has 6 heteroatoms. The van der Waals surface area contributed by atoms with Gasteiger partial charge >= 0.3 is 11.9 Å². The fourth-order valence-electron chi connectivity index (χ4n) is 0.525. The zero-order chi connectivity index (χ0) is 9.56. The molecule has 0 aliphatic rings. The van der Waals surface area contributed by atoms with Gasteiger partial charge in [0.1, 0.15) is 12.6 Å². The van der Waals surface area contributed by atoms with Gasteiger partial charge in [0.05, 0.1) is 13.0 Å². The molecule has 0 saturated carbocycles. The lowest BCUT2D eigenvalue weighted by atomic mass is 10.2. The number of carbonyl (C=O) groups is 2. The lowest BCUT2D eigenvalue weighted by Crippen LogP contribution is -2.34. The van der Waals surface area contributed by atoms with Crippen molar-refractivity contribution in [3.8, 4) is 0 Å². The minimum absolute atomic E-state index is 0.161. The van der Waals surface area contributed by atoms with Gasteiger partial charge in [-0.1, -0.05) is 0 Å². The van der Waals surface area contributed by atoms with Crippen molar-refractivity contribution >= 4 is 11.9 Å². The maximum Gasteiger partial charge on any atom is 0.323 e. The smallest absolute Gasteiger partial charge is 0.323 e. The molecule has 0 bridgehead atoms. The first-order chi connectivity index (χ1) is 5.57. The molecule has 0 spiro atoms. The highest BCUT2D eigenvalue weighted by atomic mass is 16.5. The van der Waals surface area contributed by atoms with Crippen LogP contribution < -0.4 is 5.73 Å². The molecule has 6 nitrogen and oxygen atoms in total. The van der Waals surface area contributed by atoms with Gasteiger partial charge in [-0.05, 0) is 0 Å². The highest BCUT2D eigenvalue weighted by Gasteiger charge is 2.17. The van der Waals surface area contributed by atoms with Gasteiger partial charge in [0.15, 0.2) is 0 Å². The highest BCUT2D eigenvalue weighted by Crippen LogP contribution is 1.91. The first-order valence-electron chi connectivity index (χ1n) is 3.32. The quantitative estimate of drug-likeness (QED) is 0.433. The molecular weight excluding hydrogens is 166 g/mol. The second kappa shape index (κ2) is 5.50. The molecule has 1 unspecified atom stereocenters. The Morgan fingerprint density at radius 3 is 2.50 bits per heavy atom. The number of aliphatic carboxylic acids is 1. The maximum absolute atomic E-state index is 10.7. The standard InChI is InChI=1S/C6H11NO5/c7-4(3-5(9)10)6(11)12-2-1-8/h4,8H,1-3,7H2,(H,9,10). The zero-order valence-corrected chi connectivity index (χ0v) is 6.40. The van der Waals surface area contributed by atoms with E-state index in [1.54, 1.807) is 0 Å². The van der Waals surface area contributed by atoms with Gasteiger partial charge in [-0.2, -0.15) is 0 Å². The molecule has 0 fully saturated rings. The summed E-state index contributed by atoms with van der Waals surface area (Å²) in [5.74, 6) is -1.98. The molecule has 0 heterocycles. The Morgan fingerprint density at radius 1 is 1.50 bits per heavy atom. The van der Waals surface area contributed by atoms with Crippen LogP contribution in [-0.4, -0.2) is 41.4 Å². The van der Waals surface area contributed by atoms with E-state index in [4.69, 9.17) is 15.9 Å². The molecule has 0 aromatic rings. The predicted molar refractivity (Wildman–Crippen MR) is 38.3 cm³/mol. The van der Waals surface area contributed by atoms with Crippen LogP contribution in [0.1, 0.15) is 6.42 Å². The number of carbonyl (C=O) groups excluding carboxylic acids is 1. The molecule has 0 aliphatic heterocycles. The van der Waals surface area contributed by atoms with Crippen LogP contribution >= 0.6 is 0 Å². The lowest BCUT2D eigenvalue weighted by molar-refractivity contribution is -0.150. The summed E-state index contributed by atoms with van der Waals surface area (Å²) >= 11 is 0. The minimum Gasteiger partial charge on any atom is -0.481 e. The molecule has 12 heavy (non-hydrogen) atoms. The van der Waals surface area contributed by atoms with Crippen LogP contribution in [0.25, 0.3) is 0 Å². The first kappa shape index (κ1) is 10.9. The third-order valence-corrected chi connectivity index (χ3v) is 1.03. The molecule has 0 radical (unpaired) electrons. The van der Waals surface area contributed by atoms with Gasteiger partial charge in [-0.25, -0.2) is 0 Å². The van der Waals surface area contributed by atoms with Crippen LogP contribution in [0.4, 0.5) is 0 Å². The largest absolute Gasteiger partial charge is 0.481 e. The van der Waals surface area contributed by atoms with E-state index in [1.807, 2.05) is 0 Å².